The molecule has 0 amide bonds. The van der Waals surface area contributed by atoms with Crippen LogP contribution in [0.2, 0.25) is 0 Å². The van der Waals surface area contributed by atoms with Crippen molar-refractivity contribution in [3.05, 3.63) is 123 Å². The quantitative estimate of drug-likeness (QED) is 0.178. The molecule has 4 aromatic carbocycles. The van der Waals surface area contributed by atoms with Gasteiger partial charge in [-0.05, 0) is 46.2 Å². The van der Waals surface area contributed by atoms with E-state index >= 15 is 0 Å². The standard InChI is InChI=1S/C42H42N4O.Pt/c1-41(2,3)28-14-19-36-34(22-28)32-17-16-31(25-39(32)46(36)40-23-29(20-21-43-40)42(4,5)6)47-30-15-12-27-13-18-35(33(27)24-30)45-26-44(7)37-10-8-9-11-38(37)45;/h8-12,14-17,19-25,35H,13,18H2,1-7H3;. The predicted octanol–water partition coefficient (Wildman–Crippen LogP) is 10.5. The van der Waals surface area contributed by atoms with E-state index in [4.69, 9.17) is 9.72 Å². The first-order valence-electron chi connectivity index (χ1n) is 16.9. The van der Waals surface area contributed by atoms with E-state index in [1.807, 2.05) is 6.20 Å². The summed E-state index contributed by atoms with van der Waals surface area (Å²) in [5, 5.41) is 2.43. The van der Waals surface area contributed by atoms with Crippen LogP contribution in [0.5, 0.6) is 11.5 Å². The number of benzene rings is 4. The Kier molecular flexibility index (Phi) is 7.23. The second-order valence-electron chi connectivity index (χ2n) is 15.3. The Balaban J connectivity index is 1.24. The van der Waals surface area contributed by atoms with Gasteiger partial charge in [-0.25, -0.2) is 4.98 Å². The number of para-hydroxylation sites is 2. The maximum absolute atomic E-state index is 6.71. The molecule has 7 aromatic rings. The second-order valence-corrected chi connectivity index (χ2v) is 16.3. The van der Waals surface area contributed by atoms with Crippen molar-refractivity contribution in [1.82, 2.24) is 18.7 Å². The zero-order valence-electron chi connectivity index (χ0n) is 28.7. The number of ether oxygens (including phenoxy) is 1. The number of aryl methyl sites for hydroxylation is 2. The van der Waals surface area contributed by atoms with Gasteiger partial charge in [0, 0.05) is 6.20 Å². The molecular weight excluding hydrogens is 772 g/mol. The Morgan fingerprint density at radius 1 is 0.708 bits per heavy atom. The third-order valence-electron chi connectivity index (χ3n) is 10.1. The molecule has 8 rings (SSSR count). The van der Waals surface area contributed by atoms with Crippen LogP contribution in [-0.2, 0) is 43.7 Å². The van der Waals surface area contributed by atoms with Crippen LogP contribution >= 0.6 is 0 Å². The molecule has 0 radical (unpaired) electrons. The number of imidazole rings is 1. The predicted molar refractivity (Wildman–Crippen MR) is 193 cm³/mol. The number of hydrogen-bond acceptors (Lipinski definition) is 2. The van der Waals surface area contributed by atoms with Gasteiger partial charge >= 0.3 is 189 Å². The van der Waals surface area contributed by atoms with Crippen molar-refractivity contribution in [2.24, 2.45) is 7.05 Å². The molecule has 6 heteroatoms. The van der Waals surface area contributed by atoms with Gasteiger partial charge in [-0.15, -0.1) is 0 Å². The van der Waals surface area contributed by atoms with Crippen molar-refractivity contribution in [1.29, 1.82) is 0 Å². The van der Waals surface area contributed by atoms with E-state index in [0.717, 1.165) is 41.2 Å². The van der Waals surface area contributed by atoms with Crippen LogP contribution in [0.3, 0.4) is 0 Å². The SMILES string of the molecule is Cn1[c](=[Pt])n(C2CCc3ccc(Oc4ccc5c6cc(C(C)(C)C)ccc6n(-c6cc(C(C)(C)C)ccn6)c5c4)cc32)c2ccccc21. The maximum atomic E-state index is 6.71. The van der Waals surface area contributed by atoms with E-state index in [9.17, 15) is 0 Å². The first kappa shape index (κ1) is 31.1. The van der Waals surface area contributed by atoms with Crippen molar-refractivity contribution in [3.8, 4) is 17.3 Å². The molecule has 0 bridgehead atoms. The number of hydrogen-bond donors (Lipinski definition) is 0. The second kappa shape index (κ2) is 11.2. The molecule has 0 saturated heterocycles. The molecule has 1 atom stereocenters. The minimum absolute atomic E-state index is 0.0119. The number of nitrogens with zero attached hydrogens (tertiary/aromatic N) is 4. The molecule has 1 unspecified atom stereocenters. The molecule has 0 fully saturated rings. The summed E-state index contributed by atoms with van der Waals surface area (Å²) in [7, 11) is 2.16. The van der Waals surface area contributed by atoms with Gasteiger partial charge in [0.15, 0.2) is 0 Å². The van der Waals surface area contributed by atoms with Crippen LogP contribution in [-0.4, -0.2) is 18.7 Å². The Labute approximate surface area is 293 Å². The number of fused-ring (bicyclic) bond motifs is 5. The number of rotatable bonds is 4. The zero-order chi connectivity index (χ0) is 33.5. The van der Waals surface area contributed by atoms with E-state index in [1.54, 1.807) is 0 Å². The van der Waals surface area contributed by atoms with Crippen molar-refractivity contribution in [3.63, 3.8) is 0 Å². The van der Waals surface area contributed by atoms with E-state index in [0.29, 0.717) is 0 Å². The molecule has 0 spiro atoms. The van der Waals surface area contributed by atoms with Gasteiger partial charge in [0.2, 0.25) is 0 Å². The van der Waals surface area contributed by atoms with Gasteiger partial charge in [0.1, 0.15) is 0 Å². The summed E-state index contributed by atoms with van der Waals surface area (Å²) in [6, 6.07) is 33.4. The molecular formula is C42H42N4OPt. The summed E-state index contributed by atoms with van der Waals surface area (Å²) in [6.45, 7) is 13.6. The van der Waals surface area contributed by atoms with Crippen molar-refractivity contribution >= 4 is 32.8 Å². The number of pyridine rings is 1. The van der Waals surface area contributed by atoms with Crippen LogP contribution in [0.4, 0.5) is 0 Å². The minimum atomic E-state index is 0.0119. The average molecular weight is 814 g/mol. The molecule has 0 saturated carbocycles. The molecule has 3 heterocycles. The molecule has 5 nitrogen and oxygen atoms in total. The molecule has 3 aromatic heterocycles. The normalized spacial score (nSPS) is 15.1. The summed E-state index contributed by atoms with van der Waals surface area (Å²) in [4.78, 5) is 4.90. The van der Waals surface area contributed by atoms with E-state index < -0.39 is 0 Å². The van der Waals surface area contributed by atoms with Crippen LogP contribution in [0.25, 0.3) is 38.7 Å². The fourth-order valence-corrected chi connectivity index (χ4v) is 8.30. The average Bonchev–Trinajstić information content (AvgIpc) is 3.69. The van der Waals surface area contributed by atoms with Crippen LogP contribution in [0, 0.1) is 3.80 Å². The van der Waals surface area contributed by atoms with E-state index in [-0.39, 0.29) is 16.9 Å². The first-order valence-corrected chi connectivity index (χ1v) is 18.0. The van der Waals surface area contributed by atoms with Gasteiger partial charge < -0.3 is 0 Å². The molecule has 48 heavy (non-hydrogen) atoms. The van der Waals surface area contributed by atoms with Crippen molar-refractivity contribution in [2.75, 3.05) is 0 Å². The summed E-state index contributed by atoms with van der Waals surface area (Å²) in [5.41, 5.74) is 10.1. The molecule has 1 aliphatic rings. The van der Waals surface area contributed by atoms with Crippen LogP contribution in [0.15, 0.2) is 97.2 Å². The Morgan fingerprint density at radius 3 is 2.19 bits per heavy atom. The summed E-state index contributed by atoms with van der Waals surface area (Å²) >= 11 is 2.47. The third-order valence-corrected chi connectivity index (χ3v) is 11.4. The van der Waals surface area contributed by atoms with Gasteiger partial charge in [-0.1, -0.05) is 47.6 Å². The first-order chi connectivity index (χ1) is 22.9. The molecule has 246 valence electrons. The Bertz CT molecular complexity index is 2450. The topological polar surface area (TPSA) is 36.9 Å². The molecule has 0 N–H and O–H groups in total. The fourth-order valence-electron chi connectivity index (χ4n) is 7.40. The fraction of sp³-hybridized carbons (Fsp3) is 0.286. The van der Waals surface area contributed by atoms with E-state index in [2.05, 4.69) is 173 Å². The molecule has 0 aliphatic heterocycles. The van der Waals surface area contributed by atoms with Gasteiger partial charge in [0.25, 0.3) is 0 Å². The molecule has 1 aliphatic carbocycles. The van der Waals surface area contributed by atoms with E-state index in [1.165, 1.54) is 47.9 Å². The van der Waals surface area contributed by atoms with Crippen LogP contribution < -0.4 is 4.74 Å². The third kappa shape index (κ3) is 5.10. The summed E-state index contributed by atoms with van der Waals surface area (Å²) in [6.07, 6.45) is 4.08. The Morgan fingerprint density at radius 2 is 1.42 bits per heavy atom. The number of aromatic nitrogens is 4. The van der Waals surface area contributed by atoms with Crippen molar-refractivity contribution < 1.29 is 24.1 Å². The van der Waals surface area contributed by atoms with Gasteiger partial charge in [0.05, 0.1) is 0 Å². The summed E-state index contributed by atoms with van der Waals surface area (Å²) < 4.78 is 15.0. The van der Waals surface area contributed by atoms with Crippen molar-refractivity contribution in [2.45, 2.75) is 71.3 Å². The van der Waals surface area contributed by atoms with Gasteiger partial charge in [-0.3, -0.25) is 0 Å². The zero-order valence-corrected chi connectivity index (χ0v) is 31.0. The van der Waals surface area contributed by atoms with Gasteiger partial charge in [-0.2, -0.15) is 0 Å². The summed E-state index contributed by atoms with van der Waals surface area (Å²) in [5.74, 6) is 2.60. The van der Waals surface area contributed by atoms with Crippen LogP contribution in [0.1, 0.15) is 76.3 Å². The monoisotopic (exact) mass is 813 g/mol. The Hall–Kier alpha value is -4.21.